The van der Waals surface area contributed by atoms with Crippen molar-refractivity contribution in [1.82, 2.24) is 0 Å². The van der Waals surface area contributed by atoms with Crippen molar-refractivity contribution in [3.8, 4) is 0 Å². The van der Waals surface area contributed by atoms with Crippen LogP contribution >= 0.6 is 0 Å². The predicted octanol–water partition coefficient (Wildman–Crippen LogP) is 0.575. The molecular weight excluding hydrogens is 158 g/mol. The van der Waals surface area contributed by atoms with Gasteiger partial charge in [-0.2, -0.15) is 0 Å². The van der Waals surface area contributed by atoms with E-state index in [1.165, 1.54) is 6.92 Å². The lowest BCUT2D eigenvalue weighted by Crippen LogP contribution is -2.12. The normalized spacial score (nSPS) is 11.5. The van der Waals surface area contributed by atoms with Crippen molar-refractivity contribution in [2.75, 3.05) is 0 Å². The molecule has 0 spiro atoms. The Morgan fingerprint density at radius 3 is 2.17 bits per heavy atom. The first-order valence-corrected chi connectivity index (χ1v) is 3.63. The second kappa shape index (κ2) is 4.54. The van der Waals surface area contributed by atoms with E-state index in [1.807, 2.05) is 0 Å². The summed E-state index contributed by atoms with van der Waals surface area (Å²) in [7, 11) is 0. The summed E-state index contributed by atoms with van der Waals surface area (Å²) in [5, 5.41) is 0. The summed E-state index contributed by atoms with van der Waals surface area (Å²) < 4.78 is 4.74. The Bertz CT molecular complexity index is 218. The molecule has 2 N–H and O–H groups in total. The second-order valence-electron chi connectivity index (χ2n) is 2.70. The number of carbonyl (C=O) groups is 2. The van der Waals surface area contributed by atoms with E-state index < -0.39 is 11.9 Å². The summed E-state index contributed by atoms with van der Waals surface area (Å²) >= 11 is 0. The fourth-order valence-corrected chi connectivity index (χ4v) is 0.620. The molecule has 0 bridgehead atoms. The van der Waals surface area contributed by atoms with Gasteiger partial charge in [0.25, 0.3) is 0 Å². The zero-order valence-corrected chi connectivity index (χ0v) is 7.46. The Hall–Kier alpha value is -1.32. The highest BCUT2D eigenvalue weighted by molar-refractivity contribution is 5.86. The number of nitrogens with two attached hydrogens (primary N) is 1. The number of ether oxygens (including phenoxy) is 1. The van der Waals surface area contributed by atoms with Crippen LogP contribution in [0.25, 0.3) is 0 Å². The monoisotopic (exact) mass is 171 g/mol. The van der Waals surface area contributed by atoms with E-state index in [0.29, 0.717) is 5.76 Å². The van der Waals surface area contributed by atoms with Crippen LogP contribution in [0.15, 0.2) is 11.8 Å². The highest BCUT2D eigenvalue weighted by Gasteiger charge is 2.08. The molecule has 0 aliphatic rings. The number of carbonyl (C=O) groups excluding carboxylic acids is 2. The number of hydrogen-bond acceptors (Lipinski definition) is 3. The molecule has 0 aromatic heterocycles. The van der Waals surface area contributed by atoms with Crippen molar-refractivity contribution in [1.29, 1.82) is 0 Å². The fourth-order valence-electron chi connectivity index (χ4n) is 0.620. The molecule has 0 saturated carbocycles. The van der Waals surface area contributed by atoms with Gasteiger partial charge in [-0.05, 0) is 0 Å². The molecule has 0 aromatic carbocycles. The zero-order valence-electron chi connectivity index (χ0n) is 7.46. The van der Waals surface area contributed by atoms with Gasteiger partial charge in [-0.1, -0.05) is 13.8 Å². The number of rotatable bonds is 3. The van der Waals surface area contributed by atoms with E-state index in [2.05, 4.69) is 0 Å². The third-order valence-corrected chi connectivity index (χ3v) is 1.12. The van der Waals surface area contributed by atoms with E-state index in [-0.39, 0.29) is 5.92 Å². The minimum Gasteiger partial charge on any atom is -0.431 e. The lowest BCUT2D eigenvalue weighted by molar-refractivity contribution is -0.137. The molecule has 0 radical (unpaired) electrons. The van der Waals surface area contributed by atoms with Crippen molar-refractivity contribution in [2.24, 2.45) is 11.7 Å². The minimum atomic E-state index is -0.611. The van der Waals surface area contributed by atoms with Crippen LogP contribution in [-0.2, 0) is 14.3 Å². The number of primary amides is 1. The Morgan fingerprint density at radius 2 is 1.92 bits per heavy atom. The molecule has 0 atom stereocenters. The first-order valence-electron chi connectivity index (χ1n) is 3.63. The SMILES string of the molecule is CC(=O)OC(=CC(N)=O)C(C)C. The number of allylic oxidation sites excluding steroid dienone is 1. The summed E-state index contributed by atoms with van der Waals surface area (Å²) in [5.41, 5.74) is 4.90. The van der Waals surface area contributed by atoms with E-state index in [1.54, 1.807) is 13.8 Å². The van der Waals surface area contributed by atoms with Crippen LogP contribution in [0, 0.1) is 5.92 Å². The third kappa shape index (κ3) is 4.49. The summed E-state index contributed by atoms with van der Waals surface area (Å²) in [4.78, 5) is 21.0. The first-order chi connectivity index (χ1) is 5.43. The minimum absolute atomic E-state index is 0.0265. The predicted molar refractivity (Wildman–Crippen MR) is 43.9 cm³/mol. The molecule has 0 aromatic rings. The average Bonchev–Trinajstić information content (AvgIpc) is 1.83. The Kier molecular flexibility index (Phi) is 4.04. The Morgan fingerprint density at radius 1 is 1.42 bits per heavy atom. The van der Waals surface area contributed by atoms with Crippen molar-refractivity contribution >= 4 is 11.9 Å². The summed E-state index contributed by atoms with van der Waals surface area (Å²) in [6, 6.07) is 0. The van der Waals surface area contributed by atoms with Gasteiger partial charge in [0, 0.05) is 18.9 Å². The van der Waals surface area contributed by atoms with Crippen LogP contribution < -0.4 is 5.73 Å². The highest BCUT2D eigenvalue weighted by Crippen LogP contribution is 2.10. The summed E-state index contributed by atoms with van der Waals surface area (Å²) in [5.74, 6) is -0.785. The van der Waals surface area contributed by atoms with Crippen molar-refractivity contribution < 1.29 is 14.3 Å². The summed E-state index contributed by atoms with van der Waals surface area (Å²) in [6.07, 6.45) is 1.12. The number of esters is 1. The smallest absolute Gasteiger partial charge is 0.307 e. The molecule has 1 amide bonds. The lowest BCUT2D eigenvalue weighted by Gasteiger charge is -2.08. The molecule has 0 aliphatic heterocycles. The van der Waals surface area contributed by atoms with Gasteiger partial charge >= 0.3 is 5.97 Å². The van der Waals surface area contributed by atoms with Gasteiger partial charge in [-0.25, -0.2) is 0 Å². The van der Waals surface area contributed by atoms with Crippen LogP contribution in [0.2, 0.25) is 0 Å². The fraction of sp³-hybridized carbons (Fsp3) is 0.500. The standard InChI is InChI=1S/C8H13NO3/c1-5(2)7(4-8(9)11)12-6(3)10/h4-5H,1-3H3,(H2,9,11). The maximum Gasteiger partial charge on any atom is 0.307 e. The zero-order chi connectivity index (χ0) is 9.72. The number of hydrogen-bond donors (Lipinski definition) is 1. The maximum atomic E-state index is 10.5. The molecule has 68 valence electrons. The van der Waals surface area contributed by atoms with Gasteiger partial charge < -0.3 is 10.5 Å². The van der Waals surface area contributed by atoms with Gasteiger partial charge in [0.1, 0.15) is 5.76 Å². The van der Waals surface area contributed by atoms with Crippen LogP contribution in [0.5, 0.6) is 0 Å². The molecular formula is C8H13NO3. The van der Waals surface area contributed by atoms with Crippen LogP contribution in [0.4, 0.5) is 0 Å². The number of amides is 1. The van der Waals surface area contributed by atoms with Crippen molar-refractivity contribution in [2.45, 2.75) is 20.8 Å². The maximum absolute atomic E-state index is 10.5. The van der Waals surface area contributed by atoms with E-state index in [4.69, 9.17) is 10.5 Å². The topological polar surface area (TPSA) is 69.4 Å². The van der Waals surface area contributed by atoms with Gasteiger partial charge in [-0.3, -0.25) is 9.59 Å². The Balaban J connectivity index is 4.44. The molecule has 0 aliphatic carbocycles. The van der Waals surface area contributed by atoms with Crippen LogP contribution in [-0.4, -0.2) is 11.9 Å². The van der Waals surface area contributed by atoms with Crippen molar-refractivity contribution in [3.63, 3.8) is 0 Å². The van der Waals surface area contributed by atoms with Crippen molar-refractivity contribution in [3.05, 3.63) is 11.8 Å². The molecule has 0 fully saturated rings. The molecule has 4 nitrogen and oxygen atoms in total. The molecule has 12 heavy (non-hydrogen) atoms. The van der Waals surface area contributed by atoms with E-state index >= 15 is 0 Å². The molecule has 4 heteroatoms. The van der Waals surface area contributed by atoms with Gasteiger partial charge in [-0.15, -0.1) is 0 Å². The Labute approximate surface area is 71.4 Å². The highest BCUT2D eigenvalue weighted by atomic mass is 16.5. The van der Waals surface area contributed by atoms with Gasteiger partial charge in [0.05, 0.1) is 0 Å². The van der Waals surface area contributed by atoms with Gasteiger partial charge in [0.15, 0.2) is 0 Å². The lowest BCUT2D eigenvalue weighted by atomic mass is 10.1. The van der Waals surface area contributed by atoms with E-state index in [0.717, 1.165) is 6.08 Å². The van der Waals surface area contributed by atoms with E-state index in [9.17, 15) is 9.59 Å². The first kappa shape index (κ1) is 10.7. The second-order valence-corrected chi connectivity index (χ2v) is 2.70. The summed E-state index contributed by atoms with van der Waals surface area (Å²) in [6.45, 7) is 4.88. The average molecular weight is 171 g/mol. The van der Waals surface area contributed by atoms with Crippen LogP contribution in [0.3, 0.4) is 0 Å². The van der Waals surface area contributed by atoms with Crippen LogP contribution in [0.1, 0.15) is 20.8 Å². The molecule has 0 rings (SSSR count). The molecule has 0 saturated heterocycles. The third-order valence-electron chi connectivity index (χ3n) is 1.12. The molecule has 0 heterocycles. The molecule has 0 unspecified atom stereocenters. The van der Waals surface area contributed by atoms with Gasteiger partial charge in [0.2, 0.25) is 5.91 Å². The quantitative estimate of drug-likeness (QED) is 0.383. The largest absolute Gasteiger partial charge is 0.431 e.